The standard InChI is InChI=1S/C47H29F3N4O/c1-28-19-22-34-35-23-21-32(47(48,49)50)27-41(35)54(40(34)25-28)39-24-20-31(33-16-10-17-37-36-15-8-9-18-42(36)55-43(33)37)26-38(39)46-52-44(29-11-4-2-5-12-29)51-45(53-46)30-13-6-3-7-14-30/h2-27H,1H3. The SMILES string of the molecule is Cc1ccc2c3ccc(C(F)(F)F)cc3n(-c3ccc(-c4cccc5c4oc4ccccc45)cc3-c3nc(-c4ccccc4)nc(-c4ccccc4)n3)c2c1. The van der Waals surface area contributed by atoms with Crippen LogP contribution in [0.5, 0.6) is 0 Å². The molecule has 0 aliphatic carbocycles. The summed E-state index contributed by atoms with van der Waals surface area (Å²) in [6.45, 7) is 1.98. The number of nitrogens with zero attached hydrogens (tertiary/aromatic N) is 4. The third-order valence-electron chi connectivity index (χ3n) is 10.1. The van der Waals surface area contributed by atoms with E-state index in [1.54, 1.807) is 6.07 Å². The van der Waals surface area contributed by atoms with Gasteiger partial charge in [-0.3, -0.25) is 0 Å². The van der Waals surface area contributed by atoms with Crippen molar-refractivity contribution in [3.05, 3.63) is 169 Å². The van der Waals surface area contributed by atoms with Crippen LogP contribution in [0.4, 0.5) is 13.2 Å². The second kappa shape index (κ2) is 12.5. The molecule has 0 N–H and O–H groups in total. The summed E-state index contributed by atoms with van der Waals surface area (Å²) in [4.78, 5) is 15.1. The molecule has 10 rings (SSSR count). The lowest BCUT2D eigenvalue weighted by Gasteiger charge is -2.17. The highest BCUT2D eigenvalue weighted by Gasteiger charge is 2.31. The Labute approximate surface area is 313 Å². The van der Waals surface area contributed by atoms with E-state index in [0.29, 0.717) is 39.6 Å². The number of halogens is 3. The third kappa shape index (κ3) is 5.53. The van der Waals surface area contributed by atoms with E-state index in [-0.39, 0.29) is 0 Å². The van der Waals surface area contributed by atoms with Crippen molar-refractivity contribution in [2.45, 2.75) is 13.1 Å². The number of para-hydroxylation sites is 2. The molecule has 264 valence electrons. The van der Waals surface area contributed by atoms with Crippen LogP contribution in [0.25, 0.3) is 94.7 Å². The second-order valence-corrected chi connectivity index (χ2v) is 13.6. The molecule has 0 saturated carbocycles. The van der Waals surface area contributed by atoms with Gasteiger partial charge in [-0.1, -0.05) is 121 Å². The predicted molar refractivity (Wildman–Crippen MR) is 213 cm³/mol. The molecule has 0 atom stereocenters. The number of furan rings is 1. The molecule has 5 nitrogen and oxygen atoms in total. The molecule has 55 heavy (non-hydrogen) atoms. The minimum absolute atomic E-state index is 0.371. The van der Waals surface area contributed by atoms with E-state index in [1.165, 1.54) is 6.07 Å². The van der Waals surface area contributed by atoms with Crippen molar-refractivity contribution in [2.24, 2.45) is 0 Å². The number of aromatic nitrogens is 4. The summed E-state index contributed by atoms with van der Waals surface area (Å²) in [6, 6.07) is 49.2. The van der Waals surface area contributed by atoms with E-state index in [1.807, 2.05) is 151 Å². The maximum Gasteiger partial charge on any atom is 0.416 e. The van der Waals surface area contributed by atoms with Gasteiger partial charge in [0.15, 0.2) is 17.5 Å². The maximum absolute atomic E-state index is 14.3. The van der Waals surface area contributed by atoms with E-state index in [4.69, 9.17) is 19.4 Å². The highest BCUT2D eigenvalue weighted by atomic mass is 19.4. The molecule has 0 spiro atoms. The van der Waals surface area contributed by atoms with Gasteiger partial charge in [0.25, 0.3) is 0 Å². The fourth-order valence-electron chi connectivity index (χ4n) is 7.55. The lowest BCUT2D eigenvalue weighted by Crippen LogP contribution is -2.06. The minimum Gasteiger partial charge on any atom is -0.455 e. The Morgan fingerprint density at radius 2 is 1.11 bits per heavy atom. The summed E-state index contributed by atoms with van der Waals surface area (Å²) < 4.78 is 51.3. The van der Waals surface area contributed by atoms with Gasteiger partial charge in [0.2, 0.25) is 0 Å². The van der Waals surface area contributed by atoms with E-state index in [9.17, 15) is 13.2 Å². The summed E-state index contributed by atoms with van der Waals surface area (Å²) in [5.41, 5.74) is 7.47. The Bertz CT molecular complexity index is 3040. The van der Waals surface area contributed by atoms with Crippen LogP contribution in [0.2, 0.25) is 0 Å². The summed E-state index contributed by atoms with van der Waals surface area (Å²) >= 11 is 0. The fourth-order valence-corrected chi connectivity index (χ4v) is 7.55. The second-order valence-electron chi connectivity index (χ2n) is 13.6. The van der Waals surface area contributed by atoms with Crippen molar-refractivity contribution < 1.29 is 17.6 Å². The monoisotopic (exact) mass is 722 g/mol. The van der Waals surface area contributed by atoms with Crippen molar-refractivity contribution >= 4 is 43.7 Å². The van der Waals surface area contributed by atoms with Gasteiger partial charge < -0.3 is 8.98 Å². The zero-order valence-corrected chi connectivity index (χ0v) is 29.3. The summed E-state index contributed by atoms with van der Waals surface area (Å²) in [5.74, 6) is 1.31. The van der Waals surface area contributed by atoms with Crippen LogP contribution in [0.1, 0.15) is 11.1 Å². The average Bonchev–Trinajstić information content (AvgIpc) is 3.76. The zero-order chi connectivity index (χ0) is 37.3. The molecule has 3 aromatic heterocycles. The van der Waals surface area contributed by atoms with E-state index >= 15 is 0 Å². The van der Waals surface area contributed by atoms with Gasteiger partial charge in [-0.15, -0.1) is 0 Å². The number of fused-ring (bicyclic) bond motifs is 6. The Morgan fingerprint density at radius 1 is 0.491 bits per heavy atom. The molecule has 3 heterocycles. The number of benzene rings is 7. The van der Waals surface area contributed by atoms with Gasteiger partial charge in [-0.05, 0) is 54.4 Å². The number of aryl methyl sites for hydroxylation is 1. The smallest absolute Gasteiger partial charge is 0.416 e. The van der Waals surface area contributed by atoms with Crippen LogP contribution in [-0.2, 0) is 6.18 Å². The van der Waals surface area contributed by atoms with Gasteiger partial charge >= 0.3 is 6.18 Å². The lowest BCUT2D eigenvalue weighted by atomic mass is 9.98. The van der Waals surface area contributed by atoms with Crippen LogP contribution >= 0.6 is 0 Å². The Kier molecular flexibility index (Phi) is 7.42. The van der Waals surface area contributed by atoms with E-state index in [2.05, 4.69) is 0 Å². The highest BCUT2D eigenvalue weighted by Crippen LogP contribution is 2.42. The highest BCUT2D eigenvalue weighted by molar-refractivity contribution is 6.11. The number of hydrogen-bond donors (Lipinski definition) is 0. The molecule has 10 aromatic rings. The van der Waals surface area contributed by atoms with Crippen molar-refractivity contribution in [2.75, 3.05) is 0 Å². The number of alkyl halides is 3. The average molecular weight is 723 g/mol. The van der Waals surface area contributed by atoms with Crippen molar-refractivity contribution in [3.8, 4) is 51.0 Å². The Balaban J connectivity index is 1.31. The van der Waals surface area contributed by atoms with Gasteiger partial charge in [-0.25, -0.2) is 15.0 Å². The largest absolute Gasteiger partial charge is 0.455 e. The van der Waals surface area contributed by atoms with Gasteiger partial charge in [0.05, 0.1) is 22.3 Å². The van der Waals surface area contributed by atoms with Gasteiger partial charge in [0.1, 0.15) is 11.2 Å². The molecule has 0 fully saturated rings. The molecule has 7 aromatic carbocycles. The van der Waals surface area contributed by atoms with Crippen LogP contribution in [-0.4, -0.2) is 19.5 Å². The lowest BCUT2D eigenvalue weighted by molar-refractivity contribution is -0.137. The molecule has 8 heteroatoms. The molecule has 0 unspecified atom stereocenters. The van der Waals surface area contributed by atoms with Crippen molar-refractivity contribution in [1.29, 1.82) is 0 Å². The Morgan fingerprint density at radius 3 is 1.82 bits per heavy atom. The first kappa shape index (κ1) is 32.6. The van der Waals surface area contributed by atoms with Gasteiger partial charge in [0, 0.05) is 43.8 Å². The molecule has 0 saturated heterocycles. The first-order valence-electron chi connectivity index (χ1n) is 17.8. The van der Waals surface area contributed by atoms with Crippen LogP contribution < -0.4 is 0 Å². The molecular formula is C47H29F3N4O. The van der Waals surface area contributed by atoms with Crippen molar-refractivity contribution in [3.63, 3.8) is 0 Å². The van der Waals surface area contributed by atoms with Crippen LogP contribution in [0, 0.1) is 6.92 Å². The first-order valence-corrected chi connectivity index (χ1v) is 17.8. The quantitative estimate of drug-likeness (QED) is 0.177. The number of rotatable bonds is 5. The zero-order valence-electron chi connectivity index (χ0n) is 29.3. The predicted octanol–water partition coefficient (Wildman–Crippen LogP) is 12.9. The number of hydrogen-bond acceptors (Lipinski definition) is 4. The molecular weight excluding hydrogens is 694 g/mol. The Hall–Kier alpha value is -7.06. The summed E-state index contributed by atoms with van der Waals surface area (Å²) in [5, 5.41) is 3.53. The molecule has 0 bridgehead atoms. The summed E-state index contributed by atoms with van der Waals surface area (Å²) in [7, 11) is 0. The van der Waals surface area contributed by atoms with Crippen LogP contribution in [0.15, 0.2) is 162 Å². The van der Waals surface area contributed by atoms with Crippen molar-refractivity contribution in [1.82, 2.24) is 19.5 Å². The minimum atomic E-state index is -4.53. The van der Waals surface area contributed by atoms with Gasteiger partial charge in [-0.2, -0.15) is 13.2 Å². The van der Waals surface area contributed by atoms with E-state index < -0.39 is 11.7 Å². The van der Waals surface area contributed by atoms with Crippen LogP contribution in [0.3, 0.4) is 0 Å². The fraction of sp³-hybridized carbons (Fsp3) is 0.0426. The first-order chi connectivity index (χ1) is 26.8. The molecule has 0 aliphatic heterocycles. The topological polar surface area (TPSA) is 56.7 Å². The third-order valence-corrected chi connectivity index (χ3v) is 10.1. The normalized spacial score (nSPS) is 12.0. The maximum atomic E-state index is 14.3. The van der Waals surface area contributed by atoms with E-state index in [0.717, 1.165) is 66.7 Å². The summed E-state index contributed by atoms with van der Waals surface area (Å²) in [6.07, 6.45) is -4.53. The molecule has 0 radical (unpaired) electrons. The molecule has 0 amide bonds. The molecule has 0 aliphatic rings.